The molecule has 0 radical (unpaired) electrons. The van der Waals surface area contributed by atoms with E-state index < -0.39 is 0 Å². The van der Waals surface area contributed by atoms with Crippen LogP contribution in [0.2, 0.25) is 0 Å². The van der Waals surface area contributed by atoms with Gasteiger partial charge in [-0.1, -0.05) is 28.1 Å². The van der Waals surface area contributed by atoms with E-state index in [4.69, 9.17) is 0 Å². The van der Waals surface area contributed by atoms with Crippen molar-refractivity contribution in [2.24, 2.45) is 11.8 Å². The molecule has 1 aliphatic rings. The lowest BCUT2D eigenvalue weighted by atomic mass is 10.1. The van der Waals surface area contributed by atoms with Gasteiger partial charge in [-0.15, -0.1) is 0 Å². The second kappa shape index (κ2) is 4.37. The monoisotopic (exact) mass is 282 g/mol. The van der Waals surface area contributed by atoms with Gasteiger partial charge in [0.05, 0.1) is 13.0 Å². The molecule has 0 amide bonds. The van der Waals surface area contributed by atoms with Gasteiger partial charge in [0, 0.05) is 16.0 Å². The van der Waals surface area contributed by atoms with Crippen molar-refractivity contribution in [3.63, 3.8) is 0 Å². The van der Waals surface area contributed by atoms with E-state index in [0.29, 0.717) is 12.0 Å². The zero-order valence-corrected chi connectivity index (χ0v) is 10.4. The number of halogens is 1. The summed E-state index contributed by atoms with van der Waals surface area (Å²) in [5.74, 6) is -0.673. The summed E-state index contributed by atoms with van der Waals surface area (Å²) in [6.45, 7) is 0. The molecule has 1 aliphatic carbocycles. The molecule has 0 aromatic heterocycles. The van der Waals surface area contributed by atoms with Gasteiger partial charge >= 0.3 is 5.97 Å². The van der Waals surface area contributed by atoms with Crippen LogP contribution in [0, 0.1) is 11.8 Å². The predicted octanol–water partition coefficient (Wildman–Crippen LogP) is 2.44. The summed E-state index contributed by atoms with van der Waals surface area (Å²) in [7, 11) is 1.35. The Morgan fingerprint density at radius 2 is 1.88 bits per heavy atom. The molecule has 0 unspecified atom stereocenters. The van der Waals surface area contributed by atoms with E-state index in [2.05, 4.69) is 20.7 Å². The van der Waals surface area contributed by atoms with Gasteiger partial charge in [-0.05, 0) is 18.6 Å². The van der Waals surface area contributed by atoms with Crippen LogP contribution in [0.15, 0.2) is 28.7 Å². The number of hydrogen-bond acceptors (Lipinski definition) is 3. The molecule has 1 aromatic rings. The fraction of sp³-hybridized carbons (Fsp3) is 0.333. The van der Waals surface area contributed by atoms with Crippen molar-refractivity contribution in [3.8, 4) is 0 Å². The highest BCUT2D eigenvalue weighted by Crippen LogP contribution is 2.41. The topological polar surface area (TPSA) is 43.4 Å². The maximum atomic E-state index is 11.9. The van der Waals surface area contributed by atoms with Crippen LogP contribution in [0.4, 0.5) is 0 Å². The van der Waals surface area contributed by atoms with E-state index >= 15 is 0 Å². The molecular formula is C12H11BrO3. The lowest BCUT2D eigenvalue weighted by Crippen LogP contribution is -2.10. The lowest BCUT2D eigenvalue weighted by molar-refractivity contribution is -0.142. The number of carbonyl (C=O) groups excluding carboxylic acids is 2. The molecule has 1 saturated carbocycles. The first-order valence-electron chi connectivity index (χ1n) is 5.01. The van der Waals surface area contributed by atoms with Gasteiger partial charge in [-0.3, -0.25) is 9.59 Å². The first kappa shape index (κ1) is 11.3. The van der Waals surface area contributed by atoms with E-state index in [9.17, 15) is 9.59 Å². The molecule has 84 valence electrons. The van der Waals surface area contributed by atoms with Gasteiger partial charge < -0.3 is 4.74 Å². The van der Waals surface area contributed by atoms with E-state index in [-0.39, 0.29) is 23.6 Å². The number of ketones is 1. The van der Waals surface area contributed by atoms with E-state index in [1.54, 1.807) is 12.1 Å². The summed E-state index contributed by atoms with van der Waals surface area (Å²) in [6, 6.07) is 7.17. The second-order valence-electron chi connectivity index (χ2n) is 3.84. The number of carbonyl (C=O) groups is 2. The third-order valence-corrected chi connectivity index (χ3v) is 3.29. The smallest absolute Gasteiger partial charge is 0.309 e. The molecule has 3 nitrogen and oxygen atoms in total. The Hall–Kier alpha value is -1.16. The quantitative estimate of drug-likeness (QED) is 0.632. The molecule has 4 heteroatoms. The highest BCUT2D eigenvalue weighted by molar-refractivity contribution is 9.10. The number of ether oxygens (including phenoxy) is 1. The summed E-state index contributed by atoms with van der Waals surface area (Å²) in [5, 5.41) is 0. The van der Waals surface area contributed by atoms with Crippen LogP contribution in [0.3, 0.4) is 0 Å². The van der Waals surface area contributed by atoms with Crippen LogP contribution in [0.1, 0.15) is 16.8 Å². The minimum absolute atomic E-state index is 0.0305. The predicted molar refractivity (Wildman–Crippen MR) is 62.1 cm³/mol. The van der Waals surface area contributed by atoms with Crippen molar-refractivity contribution in [1.82, 2.24) is 0 Å². The summed E-state index contributed by atoms with van der Waals surface area (Å²) < 4.78 is 5.55. The Morgan fingerprint density at radius 1 is 1.25 bits per heavy atom. The maximum absolute atomic E-state index is 11.9. The second-order valence-corrected chi connectivity index (χ2v) is 4.76. The molecule has 0 heterocycles. The van der Waals surface area contributed by atoms with Crippen molar-refractivity contribution in [2.75, 3.05) is 7.11 Å². The van der Waals surface area contributed by atoms with Crippen LogP contribution in [-0.2, 0) is 9.53 Å². The molecule has 0 bridgehead atoms. The third-order valence-electron chi connectivity index (χ3n) is 2.76. The fourth-order valence-corrected chi connectivity index (χ4v) is 1.99. The molecule has 1 fully saturated rings. The first-order chi connectivity index (χ1) is 7.63. The van der Waals surface area contributed by atoms with Crippen LogP contribution in [0.5, 0.6) is 0 Å². The zero-order valence-electron chi connectivity index (χ0n) is 8.77. The van der Waals surface area contributed by atoms with Crippen LogP contribution in [-0.4, -0.2) is 18.9 Å². The first-order valence-corrected chi connectivity index (χ1v) is 5.80. The molecule has 0 saturated heterocycles. The number of rotatable bonds is 3. The van der Waals surface area contributed by atoms with Crippen molar-refractivity contribution in [1.29, 1.82) is 0 Å². The minimum Gasteiger partial charge on any atom is -0.469 e. The molecule has 1 aromatic carbocycles. The summed E-state index contributed by atoms with van der Waals surface area (Å²) in [4.78, 5) is 23.1. The Labute approximate surface area is 102 Å². The highest BCUT2D eigenvalue weighted by atomic mass is 79.9. The number of esters is 1. The Kier molecular flexibility index (Phi) is 3.10. The summed E-state index contributed by atoms with van der Waals surface area (Å²) in [5.41, 5.74) is 0.652. The van der Waals surface area contributed by atoms with Crippen molar-refractivity contribution in [2.45, 2.75) is 6.42 Å². The Bertz CT molecular complexity index is 424. The molecule has 2 atom stereocenters. The van der Waals surface area contributed by atoms with Gasteiger partial charge in [0.25, 0.3) is 0 Å². The van der Waals surface area contributed by atoms with Gasteiger partial charge in [-0.25, -0.2) is 0 Å². The number of methoxy groups -OCH3 is 1. The van der Waals surface area contributed by atoms with Gasteiger partial charge in [0.2, 0.25) is 0 Å². The Morgan fingerprint density at radius 3 is 2.44 bits per heavy atom. The SMILES string of the molecule is COC(=O)[C@@H]1C[C@@H]1C(=O)c1ccc(Br)cc1. The van der Waals surface area contributed by atoms with Crippen LogP contribution < -0.4 is 0 Å². The zero-order chi connectivity index (χ0) is 11.7. The van der Waals surface area contributed by atoms with Crippen molar-refractivity contribution >= 4 is 27.7 Å². The molecule has 0 N–H and O–H groups in total. The molecule has 0 spiro atoms. The average Bonchev–Trinajstić information content (AvgIpc) is 3.08. The fourth-order valence-electron chi connectivity index (χ4n) is 1.72. The van der Waals surface area contributed by atoms with Crippen molar-refractivity contribution < 1.29 is 14.3 Å². The summed E-state index contributed by atoms with van der Waals surface area (Å²) in [6.07, 6.45) is 0.613. The molecular weight excluding hydrogens is 272 g/mol. The standard InChI is InChI=1S/C12H11BrO3/c1-16-12(15)10-6-9(10)11(14)7-2-4-8(13)5-3-7/h2-5,9-10H,6H2,1H3/t9-,10+/m0/s1. The minimum atomic E-state index is -0.282. The van der Waals surface area contributed by atoms with E-state index in [1.165, 1.54) is 7.11 Å². The Balaban J connectivity index is 2.05. The molecule has 0 aliphatic heterocycles. The van der Waals surface area contributed by atoms with Gasteiger partial charge in [0.1, 0.15) is 0 Å². The van der Waals surface area contributed by atoms with Crippen LogP contribution >= 0.6 is 15.9 Å². The maximum Gasteiger partial charge on any atom is 0.309 e. The van der Waals surface area contributed by atoms with Gasteiger partial charge in [0.15, 0.2) is 5.78 Å². The molecule has 16 heavy (non-hydrogen) atoms. The number of hydrogen-bond donors (Lipinski definition) is 0. The lowest BCUT2D eigenvalue weighted by Gasteiger charge is -2.00. The normalized spacial score (nSPS) is 22.6. The van der Waals surface area contributed by atoms with E-state index in [0.717, 1.165) is 4.47 Å². The van der Waals surface area contributed by atoms with Crippen molar-refractivity contribution in [3.05, 3.63) is 34.3 Å². The third kappa shape index (κ3) is 2.16. The number of benzene rings is 1. The summed E-state index contributed by atoms with van der Waals surface area (Å²) >= 11 is 3.31. The number of Topliss-reactive ketones (excluding diaryl/α,β-unsaturated/α-hetero) is 1. The average molecular weight is 283 g/mol. The largest absolute Gasteiger partial charge is 0.469 e. The van der Waals surface area contributed by atoms with Crippen LogP contribution in [0.25, 0.3) is 0 Å². The van der Waals surface area contributed by atoms with Gasteiger partial charge in [-0.2, -0.15) is 0 Å². The highest BCUT2D eigenvalue weighted by Gasteiger charge is 2.48. The molecule has 2 rings (SSSR count). The van der Waals surface area contributed by atoms with E-state index in [1.807, 2.05) is 12.1 Å².